The van der Waals surface area contributed by atoms with Crippen molar-refractivity contribution in [1.29, 1.82) is 0 Å². The summed E-state index contributed by atoms with van der Waals surface area (Å²) in [5.41, 5.74) is 2.45. The van der Waals surface area contributed by atoms with E-state index in [2.05, 4.69) is 24.4 Å². The minimum atomic E-state index is -3.28. The van der Waals surface area contributed by atoms with Gasteiger partial charge in [0.05, 0.1) is 12.3 Å². The minimum Gasteiger partial charge on any atom is -0.492 e. The Kier molecular flexibility index (Phi) is 9.76. The van der Waals surface area contributed by atoms with Gasteiger partial charge in [-0.3, -0.25) is 4.79 Å². The molecule has 0 radical (unpaired) electrons. The number of carbonyl (C=O) groups excluding carboxylic acids is 1. The molecule has 6 nitrogen and oxygen atoms in total. The Hall–Kier alpha value is -2.38. The van der Waals surface area contributed by atoms with E-state index in [9.17, 15) is 13.2 Å². The topological polar surface area (TPSA) is 75.7 Å². The summed E-state index contributed by atoms with van der Waals surface area (Å²) < 4.78 is 32.6. The van der Waals surface area contributed by atoms with Gasteiger partial charge in [0.2, 0.25) is 15.9 Å². The van der Waals surface area contributed by atoms with E-state index in [0.29, 0.717) is 45.5 Å². The Morgan fingerprint density at radius 2 is 1.67 bits per heavy atom. The quantitative estimate of drug-likeness (QED) is 0.477. The molecule has 180 valence electrons. The maximum Gasteiger partial charge on any atom is 0.223 e. The fourth-order valence-electron chi connectivity index (χ4n) is 4.16. The van der Waals surface area contributed by atoms with Gasteiger partial charge in [0, 0.05) is 19.0 Å². The summed E-state index contributed by atoms with van der Waals surface area (Å²) in [6.45, 7) is 3.82. The largest absolute Gasteiger partial charge is 0.492 e. The van der Waals surface area contributed by atoms with Crippen molar-refractivity contribution >= 4 is 15.9 Å². The average molecular weight is 473 g/mol. The van der Waals surface area contributed by atoms with Gasteiger partial charge in [0.25, 0.3) is 0 Å². The number of amides is 1. The van der Waals surface area contributed by atoms with Gasteiger partial charge < -0.3 is 10.1 Å². The lowest BCUT2D eigenvalue weighted by molar-refractivity contribution is -0.126. The molecule has 1 aliphatic heterocycles. The maximum absolute atomic E-state index is 12.7. The Bertz CT molecular complexity index is 954. The highest BCUT2D eigenvalue weighted by molar-refractivity contribution is 7.89. The number of carbonyl (C=O) groups is 1. The van der Waals surface area contributed by atoms with Crippen LogP contribution < -0.4 is 10.1 Å². The molecule has 0 aromatic heterocycles. The third-order valence-corrected chi connectivity index (χ3v) is 8.02. The first-order valence-corrected chi connectivity index (χ1v) is 13.6. The molecule has 0 saturated carbocycles. The van der Waals surface area contributed by atoms with E-state index in [0.717, 1.165) is 30.6 Å². The standard InChI is InChI=1S/C26H36N2O4S/c1-2-7-22-11-13-25(14-12-22)32-20-17-27-26(29)24-15-18-28(19-16-24)33(30,31)21-6-10-23-8-4-3-5-9-23/h3-5,8-9,11-14,24H,2,6-7,10,15-21H2,1H3,(H,27,29). The molecule has 2 aromatic rings. The summed E-state index contributed by atoms with van der Waals surface area (Å²) in [4.78, 5) is 12.5. The molecule has 1 aliphatic rings. The van der Waals surface area contributed by atoms with E-state index < -0.39 is 10.0 Å². The van der Waals surface area contributed by atoms with E-state index in [1.807, 2.05) is 42.5 Å². The molecule has 0 spiro atoms. The molecule has 1 heterocycles. The molecule has 7 heteroatoms. The number of rotatable bonds is 12. The van der Waals surface area contributed by atoms with Gasteiger partial charge in [-0.1, -0.05) is 55.8 Å². The first-order chi connectivity index (χ1) is 16.0. The SMILES string of the molecule is CCCc1ccc(OCCNC(=O)C2CCN(S(=O)(=O)CCCc3ccccc3)CC2)cc1. The second kappa shape index (κ2) is 12.8. The molecular weight excluding hydrogens is 436 g/mol. The van der Waals surface area contributed by atoms with Gasteiger partial charge in [-0.2, -0.15) is 0 Å². The van der Waals surface area contributed by atoms with E-state index in [-0.39, 0.29) is 17.6 Å². The molecular formula is C26H36N2O4S. The molecule has 33 heavy (non-hydrogen) atoms. The van der Waals surface area contributed by atoms with Gasteiger partial charge in [-0.05, 0) is 55.4 Å². The normalized spacial score (nSPS) is 15.3. The third kappa shape index (κ3) is 8.16. The number of benzene rings is 2. The maximum atomic E-state index is 12.7. The molecule has 3 rings (SSSR count). The van der Waals surface area contributed by atoms with E-state index >= 15 is 0 Å². The number of aryl methyl sites for hydroxylation is 2. The lowest BCUT2D eigenvalue weighted by Gasteiger charge is -2.30. The molecule has 1 saturated heterocycles. The van der Waals surface area contributed by atoms with Crippen molar-refractivity contribution in [2.45, 2.75) is 45.4 Å². The van der Waals surface area contributed by atoms with Crippen LogP contribution in [0.25, 0.3) is 0 Å². The van der Waals surface area contributed by atoms with Gasteiger partial charge >= 0.3 is 0 Å². The highest BCUT2D eigenvalue weighted by Crippen LogP contribution is 2.21. The summed E-state index contributed by atoms with van der Waals surface area (Å²) in [6, 6.07) is 18.0. The summed E-state index contributed by atoms with van der Waals surface area (Å²) in [6.07, 6.45) is 4.65. The Labute approximate surface area is 198 Å². The van der Waals surface area contributed by atoms with Crippen LogP contribution in [0.3, 0.4) is 0 Å². The van der Waals surface area contributed by atoms with Crippen molar-refractivity contribution in [3.8, 4) is 5.75 Å². The van der Waals surface area contributed by atoms with Crippen LogP contribution in [0.4, 0.5) is 0 Å². The lowest BCUT2D eigenvalue weighted by atomic mass is 9.97. The average Bonchev–Trinajstić information content (AvgIpc) is 2.83. The molecule has 1 amide bonds. The number of hydrogen-bond acceptors (Lipinski definition) is 4. The molecule has 0 bridgehead atoms. The fraction of sp³-hybridized carbons (Fsp3) is 0.500. The number of piperidine rings is 1. The van der Waals surface area contributed by atoms with E-state index in [4.69, 9.17) is 4.74 Å². The van der Waals surface area contributed by atoms with Crippen LogP contribution in [0.1, 0.15) is 43.7 Å². The van der Waals surface area contributed by atoms with Crippen molar-refractivity contribution < 1.29 is 17.9 Å². The van der Waals surface area contributed by atoms with E-state index in [1.165, 1.54) is 5.56 Å². The summed E-state index contributed by atoms with van der Waals surface area (Å²) >= 11 is 0. The number of ether oxygens (including phenoxy) is 1. The van der Waals surface area contributed by atoms with Crippen molar-refractivity contribution in [1.82, 2.24) is 9.62 Å². The third-order valence-electron chi connectivity index (χ3n) is 6.06. The number of sulfonamides is 1. The molecule has 1 N–H and O–H groups in total. The van der Waals surface area contributed by atoms with Crippen LogP contribution in [-0.2, 0) is 27.7 Å². The molecule has 1 fully saturated rings. The Morgan fingerprint density at radius 3 is 2.33 bits per heavy atom. The zero-order valence-electron chi connectivity index (χ0n) is 19.5. The number of nitrogens with one attached hydrogen (secondary N) is 1. The van der Waals surface area contributed by atoms with Crippen LogP contribution in [0.2, 0.25) is 0 Å². The van der Waals surface area contributed by atoms with Gasteiger partial charge in [-0.15, -0.1) is 0 Å². The van der Waals surface area contributed by atoms with Crippen molar-refractivity contribution in [3.05, 3.63) is 65.7 Å². The van der Waals surface area contributed by atoms with Crippen LogP contribution >= 0.6 is 0 Å². The number of hydrogen-bond donors (Lipinski definition) is 1. The summed E-state index contributed by atoms with van der Waals surface area (Å²) in [5.74, 6) is 0.789. The first-order valence-electron chi connectivity index (χ1n) is 12.0. The van der Waals surface area contributed by atoms with Crippen molar-refractivity contribution in [2.75, 3.05) is 32.0 Å². The van der Waals surface area contributed by atoms with Gasteiger partial charge in [0.15, 0.2) is 0 Å². The highest BCUT2D eigenvalue weighted by atomic mass is 32.2. The second-order valence-electron chi connectivity index (χ2n) is 8.61. The number of nitrogens with zero attached hydrogens (tertiary/aromatic N) is 1. The molecule has 0 aliphatic carbocycles. The zero-order chi connectivity index (χ0) is 23.5. The summed E-state index contributed by atoms with van der Waals surface area (Å²) in [7, 11) is -3.28. The monoisotopic (exact) mass is 472 g/mol. The smallest absolute Gasteiger partial charge is 0.223 e. The van der Waals surface area contributed by atoms with Crippen LogP contribution in [0.15, 0.2) is 54.6 Å². The van der Waals surface area contributed by atoms with Gasteiger partial charge in [0.1, 0.15) is 12.4 Å². The minimum absolute atomic E-state index is 0.0157. The van der Waals surface area contributed by atoms with Gasteiger partial charge in [-0.25, -0.2) is 12.7 Å². The molecule has 0 unspecified atom stereocenters. The van der Waals surface area contributed by atoms with E-state index in [1.54, 1.807) is 4.31 Å². The van der Waals surface area contributed by atoms with Crippen LogP contribution in [0, 0.1) is 5.92 Å². The molecule has 2 aromatic carbocycles. The van der Waals surface area contributed by atoms with Crippen LogP contribution in [-0.4, -0.2) is 50.6 Å². The Morgan fingerprint density at radius 1 is 1.00 bits per heavy atom. The second-order valence-corrected chi connectivity index (χ2v) is 10.7. The fourth-order valence-corrected chi connectivity index (χ4v) is 5.69. The van der Waals surface area contributed by atoms with Crippen molar-refractivity contribution in [3.63, 3.8) is 0 Å². The van der Waals surface area contributed by atoms with Crippen LogP contribution in [0.5, 0.6) is 5.75 Å². The van der Waals surface area contributed by atoms with Crippen molar-refractivity contribution in [2.24, 2.45) is 5.92 Å². The first kappa shape index (κ1) is 25.2. The predicted molar refractivity (Wildman–Crippen MR) is 132 cm³/mol. The molecule has 0 atom stereocenters. The zero-order valence-corrected chi connectivity index (χ0v) is 20.4. The Balaban J connectivity index is 1.32. The summed E-state index contributed by atoms with van der Waals surface area (Å²) in [5, 5.41) is 2.93. The predicted octanol–water partition coefficient (Wildman–Crippen LogP) is 3.81. The lowest BCUT2D eigenvalue weighted by Crippen LogP contribution is -2.44. The highest BCUT2D eigenvalue weighted by Gasteiger charge is 2.30.